The van der Waals surface area contributed by atoms with Gasteiger partial charge in [-0.15, -0.1) is 0 Å². The van der Waals surface area contributed by atoms with Crippen LogP contribution in [0.3, 0.4) is 0 Å². The summed E-state index contributed by atoms with van der Waals surface area (Å²) in [5.41, 5.74) is 10.3. The van der Waals surface area contributed by atoms with Crippen molar-refractivity contribution in [3.8, 4) is 5.75 Å². The van der Waals surface area contributed by atoms with Gasteiger partial charge < -0.3 is 10.5 Å². The number of nitrogen functional groups attached to an aromatic ring is 1. The third-order valence-electron chi connectivity index (χ3n) is 2.99. The highest BCUT2D eigenvalue weighted by molar-refractivity contribution is 7.07. The minimum Gasteiger partial charge on any atom is -0.489 e. The second-order valence-corrected chi connectivity index (χ2v) is 5.60. The van der Waals surface area contributed by atoms with Crippen LogP contribution in [0.4, 0.5) is 5.69 Å². The van der Waals surface area contributed by atoms with Crippen molar-refractivity contribution in [3.63, 3.8) is 0 Å². The van der Waals surface area contributed by atoms with Gasteiger partial charge in [0.1, 0.15) is 12.4 Å². The van der Waals surface area contributed by atoms with Crippen molar-refractivity contribution in [1.82, 2.24) is 0 Å². The Morgan fingerprint density at radius 1 is 1.33 bits per heavy atom. The van der Waals surface area contributed by atoms with E-state index in [0.29, 0.717) is 12.5 Å². The van der Waals surface area contributed by atoms with E-state index < -0.39 is 0 Å². The van der Waals surface area contributed by atoms with Crippen molar-refractivity contribution in [3.05, 3.63) is 45.6 Å². The minimum atomic E-state index is 0.408. The van der Waals surface area contributed by atoms with Crippen LogP contribution in [-0.2, 0) is 6.61 Å². The van der Waals surface area contributed by atoms with E-state index in [1.807, 2.05) is 19.1 Å². The summed E-state index contributed by atoms with van der Waals surface area (Å²) in [7, 11) is 0. The standard InChI is InChI=1S/C15H19NOS/c1-10(2)13-7-14(16)11(3)6-15(13)17-8-12-4-5-18-9-12/h4-7,9-10H,8,16H2,1-3H3. The highest BCUT2D eigenvalue weighted by Gasteiger charge is 2.10. The molecule has 0 fully saturated rings. The van der Waals surface area contributed by atoms with Crippen LogP contribution in [0, 0.1) is 6.92 Å². The van der Waals surface area contributed by atoms with Crippen molar-refractivity contribution in [2.45, 2.75) is 33.3 Å². The molecular formula is C15H19NOS. The molecule has 1 heterocycles. The van der Waals surface area contributed by atoms with Crippen LogP contribution in [0.1, 0.15) is 36.5 Å². The highest BCUT2D eigenvalue weighted by Crippen LogP contribution is 2.31. The smallest absolute Gasteiger partial charge is 0.123 e. The second-order valence-electron chi connectivity index (χ2n) is 4.82. The lowest BCUT2D eigenvalue weighted by molar-refractivity contribution is 0.302. The summed E-state index contributed by atoms with van der Waals surface area (Å²) < 4.78 is 5.93. The zero-order valence-electron chi connectivity index (χ0n) is 11.1. The average Bonchev–Trinajstić information content (AvgIpc) is 2.83. The van der Waals surface area contributed by atoms with Gasteiger partial charge in [0.25, 0.3) is 0 Å². The summed E-state index contributed by atoms with van der Waals surface area (Å²) >= 11 is 1.69. The maximum Gasteiger partial charge on any atom is 0.123 e. The molecule has 0 unspecified atom stereocenters. The van der Waals surface area contributed by atoms with E-state index >= 15 is 0 Å². The predicted octanol–water partition coefficient (Wildman–Crippen LogP) is 4.34. The number of hydrogen-bond acceptors (Lipinski definition) is 3. The van der Waals surface area contributed by atoms with Crippen LogP contribution in [0.25, 0.3) is 0 Å². The molecule has 0 aliphatic rings. The third-order valence-corrected chi connectivity index (χ3v) is 3.73. The molecule has 18 heavy (non-hydrogen) atoms. The molecule has 0 radical (unpaired) electrons. The molecule has 0 saturated carbocycles. The van der Waals surface area contributed by atoms with E-state index in [1.165, 1.54) is 11.1 Å². The topological polar surface area (TPSA) is 35.2 Å². The molecule has 2 nitrogen and oxygen atoms in total. The molecule has 2 rings (SSSR count). The molecule has 0 amide bonds. The quantitative estimate of drug-likeness (QED) is 0.831. The summed E-state index contributed by atoms with van der Waals surface area (Å²) in [5.74, 6) is 1.35. The van der Waals surface area contributed by atoms with Crippen LogP contribution < -0.4 is 10.5 Å². The van der Waals surface area contributed by atoms with Gasteiger partial charge in [-0.2, -0.15) is 11.3 Å². The molecular weight excluding hydrogens is 242 g/mol. The lowest BCUT2D eigenvalue weighted by Crippen LogP contribution is -2.02. The van der Waals surface area contributed by atoms with Crippen molar-refractivity contribution >= 4 is 17.0 Å². The molecule has 2 aromatic rings. The molecule has 0 saturated heterocycles. The van der Waals surface area contributed by atoms with Gasteiger partial charge in [-0.05, 0) is 58.5 Å². The van der Waals surface area contributed by atoms with E-state index in [-0.39, 0.29) is 0 Å². The molecule has 96 valence electrons. The van der Waals surface area contributed by atoms with Crippen LogP contribution in [-0.4, -0.2) is 0 Å². The number of anilines is 1. The maximum absolute atomic E-state index is 5.96. The van der Waals surface area contributed by atoms with E-state index in [0.717, 1.165) is 17.0 Å². The summed E-state index contributed by atoms with van der Waals surface area (Å²) in [4.78, 5) is 0. The summed E-state index contributed by atoms with van der Waals surface area (Å²) in [6.07, 6.45) is 0. The van der Waals surface area contributed by atoms with Gasteiger partial charge in [0.15, 0.2) is 0 Å². The van der Waals surface area contributed by atoms with Gasteiger partial charge in [-0.1, -0.05) is 13.8 Å². The summed E-state index contributed by atoms with van der Waals surface area (Å²) in [6, 6.07) is 6.16. The summed E-state index contributed by atoms with van der Waals surface area (Å²) in [6.45, 7) is 6.94. The van der Waals surface area contributed by atoms with Gasteiger partial charge in [0, 0.05) is 5.69 Å². The first-order chi connectivity index (χ1) is 8.58. The largest absolute Gasteiger partial charge is 0.489 e. The first kappa shape index (κ1) is 13.0. The zero-order valence-corrected chi connectivity index (χ0v) is 11.9. The molecule has 2 N–H and O–H groups in total. The molecule has 0 aliphatic carbocycles. The lowest BCUT2D eigenvalue weighted by atomic mass is 9.99. The number of thiophene rings is 1. The Morgan fingerprint density at radius 2 is 2.11 bits per heavy atom. The zero-order chi connectivity index (χ0) is 13.1. The average molecular weight is 261 g/mol. The van der Waals surface area contributed by atoms with Crippen LogP contribution in [0.5, 0.6) is 5.75 Å². The Morgan fingerprint density at radius 3 is 2.72 bits per heavy atom. The Labute approximate surface area is 112 Å². The van der Waals surface area contributed by atoms with Crippen LogP contribution in [0.15, 0.2) is 29.0 Å². The molecule has 1 aromatic heterocycles. The Kier molecular flexibility index (Phi) is 3.92. The number of ether oxygens (including phenoxy) is 1. The Bertz CT molecular complexity index is 518. The van der Waals surface area contributed by atoms with E-state index in [2.05, 4.69) is 30.7 Å². The molecule has 0 atom stereocenters. The van der Waals surface area contributed by atoms with Crippen LogP contribution in [0.2, 0.25) is 0 Å². The maximum atomic E-state index is 5.96. The lowest BCUT2D eigenvalue weighted by Gasteiger charge is -2.16. The fraction of sp³-hybridized carbons (Fsp3) is 0.333. The van der Waals surface area contributed by atoms with Gasteiger partial charge in [-0.3, -0.25) is 0 Å². The van der Waals surface area contributed by atoms with Crippen molar-refractivity contribution in [2.24, 2.45) is 0 Å². The van der Waals surface area contributed by atoms with Gasteiger partial charge >= 0.3 is 0 Å². The first-order valence-corrected chi connectivity index (χ1v) is 7.06. The van der Waals surface area contributed by atoms with E-state index in [9.17, 15) is 0 Å². The molecule has 0 bridgehead atoms. The molecule has 3 heteroatoms. The number of nitrogens with two attached hydrogens (primary N) is 1. The van der Waals surface area contributed by atoms with Gasteiger partial charge in [0.05, 0.1) is 0 Å². The van der Waals surface area contributed by atoms with Crippen molar-refractivity contribution < 1.29 is 4.74 Å². The fourth-order valence-corrected chi connectivity index (χ4v) is 2.48. The molecule has 0 spiro atoms. The number of hydrogen-bond donors (Lipinski definition) is 1. The van der Waals surface area contributed by atoms with Crippen molar-refractivity contribution in [1.29, 1.82) is 0 Å². The van der Waals surface area contributed by atoms with Gasteiger partial charge in [-0.25, -0.2) is 0 Å². The monoisotopic (exact) mass is 261 g/mol. The third kappa shape index (κ3) is 2.85. The SMILES string of the molecule is Cc1cc(OCc2ccsc2)c(C(C)C)cc1N. The fourth-order valence-electron chi connectivity index (χ4n) is 1.83. The normalized spacial score (nSPS) is 10.9. The predicted molar refractivity (Wildman–Crippen MR) is 78.3 cm³/mol. The second kappa shape index (κ2) is 5.44. The number of benzene rings is 1. The number of aryl methyl sites for hydroxylation is 1. The first-order valence-electron chi connectivity index (χ1n) is 6.12. The van der Waals surface area contributed by atoms with Gasteiger partial charge in [0.2, 0.25) is 0 Å². The Hall–Kier alpha value is -1.48. The van der Waals surface area contributed by atoms with Crippen molar-refractivity contribution in [2.75, 3.05) is 5.73 Å². The Balaban J connectivity index is 2.23. The van der Waals surface area contributed by atoms with Crippen LogP contribution >= 0.6 is 11.3 Å². The molecule has 1 aromatic carbocycles. The highest BCUT2D eigenvalue weighted by atomic mass is 32.1. The number of rotatable bonds is 4. The minimum absolute atomic E-state index is 0.408. The molecule has 0 aliphatic heterocycles. The van der Waals surface area contributed by atoms with E-state index in [4.69, 9.17) is 10.5 Å². The van der Waals surface area contributed by atoms with E-state index in [1.54, 1.807) is 11.3 Å². The summed E-state index contributed by atoms with van der Waals surface area (Å²) in [5, 5.41) is 4.18.